The molecule has 1 aromatic heterocycles. The zero-order chi connectivity index (χ0) is 25.5. The Morgan fingerprint density at radius 3 is 1.86 bits per heavy atom. The van der Waals surface area contributed by atoms with Crippen LogP contribution in [0.25, 0.3) is 70.3 Å². The highest BCUT2D eigenvalue weighted by Gasteiger charge is 2.29. The number of aryl methyl sites for hydroxylation is 2. The average molecular weight is 609 g/mol. The molecule has 0 bridgehead atoms. The molecule has 0 spiro atoms. The zero-order valence-corrected chi connectivity index (χ0v) is 23.6. The minimum absolute atomic E-state index is 0.223. The Balaban J connectivity index is 1.74. The fourth-order valence-corrected chi connectivity index (χ4v) is 8.31. The Labute approximate surface area is 228 Å². The predicted octanol–water partition coefficient (Wildman–Crippen LogP) is 8.54. The normalized spacial score (nSPS) is 12.8. The molecule has 8 rings (SSSR count). The third-order valence-corrected chi connectivity index (χ3v) is 10.7. The molecule has 0 atom stereocenters. The first kappa shape index (κ1) is 21.9. The Hall–Kier alpha value is -3.16. The first-order valence-corrected chi connectivity index (χ1v) is 15.7. The number of fused-ring (bicyclic) bond motifs is 3. The molecular weight excluding hydrogens is 589 g/mol. The first-order valence-electron chi connectivity index (χ1n) is 12.3. The van der Waals surface area contributed by atoms with E-state index in [0.29, 0.717) is 16.5 Å². The molecule has 0 saturated carbocycles. The lowest BCUT2D eigenvalue weighted by Crippen LogP contribution is -2.24. The van der Waals surface area contributed by atoms with Gasteiger partial charge in [-0.3, -0.25) is 9.59 Å². The van der Waals surface area contributed by atoms with Gasteiger partial charge in [0.1, 0.15) is 0 Å². The van der Waals surface area contributed by atoms with Gasteiger partial charge in [0.05, 0.1) is 16.5 Å². The standard InChI is InChI=1S/C32H20INO2S/c1-13-5-10-22(16(4)15(13)3)34-31(35)29-20-11-14(2)18-8-6-17-7-9-19-23(37-33)12-21(30(29)32(34)36)28-26(19)24(17)25(18)27(20)28/h5-12H,1-4H3. The average Bonchev–Trinajstić information content (AvgIpc) is 3.39. The van der Waals surface area contributed by atoms with E-state index < -0.39 is 0 Å². The number of nitrogens with zero attached hydrogens (tertiary/aromatic N) is 1. The smallest absolute Gasteiger partial charge is 0.266 e. The summed E-state index contributed by atoms with van der Waals surface area (Å²) in [4.78, 5) is 29.7. The molecule has 0 aliphatic carbocycles. The maximum Gasteiger partial charge on any atom is 0.266 e. The Morgan fingerprint density at radius 2 is 1.19 bits per heavy atom. The van der Waals surface area contributed by atoms with E-state index in [0.717, 1.165) is 48.7 Å². The molecule has 0 unspecified atom stereocenters. The van der Waals surface area contributed by atoms with Crippen LogP contribution in [0.3, 0.4) is 0 Å². The molecule has 3 nitrogen and oxygen atoms in total. The fourth-order valence-electron chi connectivity index (χ4n) is 6.80. The molecular formula is C32H20INO2S. The molecule has 178 valence electrons. The van der Waals surface area contributed by atoms with Crippen molar-refractivity contribution in [3.05, 3.63) is 91.5 Å². The number of benzene rings is 6. The topological polar surface area (TPSA) is 39.1 Å². The summed E-state index contributed by atoms with van der Waals surface area (Å²) >= 11 is 2.33. The fraction of sp³-hybridized carbons (Fsp3) is 0.125. The van der Waals surface area contributed by atoms with Crippen LogP contribution in [-0.2, 0) is 0 Å². The second kappa shape index (κ2) is 7.03. The lowest BCUT2D eigenvalue weighted by molar-refractivity contribution is 0.971. The highest BCUT2D eigenvalue weighted by Crippen LogP contribution is 2.52. The van der Waals surface area contributed by atoms with Gasteiger partial charge in [-0.05, 0) is 122 Å². The van der Waals surface area contributed by atoms with Crippen molar-refractivity contribution < 1.29 is 0 Å². The van der Waals surface area contributed by atoms with E-state index >= 15 is 0 Å². The molecule has 0 radical (unpaired) electrons. The van der Waals surface area contributed by atoms with E-state index in [2.05, 4.69) is 71.5 Å². The van der Waals surface area contributed by atoms with Crippen molar-refractivity contribution in [1.82, 2.24) is 4.57 Å². The van der Waals surface area contributed by atoms with Gasteiger partial charge in [-0.15, -0.1) is 0 Å². The Morgan fingerprint density at radius 1 is 0.595 bits per heavy atom. The molecule has 0 fully saturated rings. The summed E-state index contributed by atoms with van der Waals surface area (Å²) in [6, 6.07) is 17.0. The van der Waals surface area contributed by atoms with Crippen molar-refractivity contribution in [2.75, 3.05) is 0 Å². The number of rotatable bonds is 2. The van der Waals surface area contributed by atoms with Crippen LogP contribution in [0, 0.1) is 27.7 Å². The minimum Gasteiger partial charge on any atom is -0.268 e. The van der Waals surface area contributed by atoms with Gasteiger partial charge in [0.15, 0.2) is 0 Å². The highest BCUT2D eigenvalue weighted by molar-refractivity contribution is 14.2. The number of halogens is 1. The third-order valence-electron chi connectivity index (χ3n) is 8.78. The van der Waals surface area contributed by atoms with E-state index in [9.17, 15) is 9.59 Å². The molecule has 7 aromatic carbocycles. The van der Waals surface area contributed by atoms with Crippen LogP contribution >= 0.6 is 30.1 Å². The maximum atomic E-state index is 14.3. The molecule has 5 heteroatoms. The molecule has 0 aliphatic rings. The number of hydrogen-bond donors (Lipinski definition) is 0. The molecule has 0 amide bonds. The van der Waals surface area contributed by atoms with Crippen LogP contribution in [0.4, 0.5) is 0 Å². The summed E-state index contributed by atoms with van der Waals surface area (Å²) in [5, 5.41) is 12.4. The second-order valence-electron chi connectivity index (χ2n) is 10.4. The second-order valence-corrected chi connectivity index (χ2v) is 12.3. The summed E-state index contributed by atoms with van der Waals surface area (Å²) in [5.74, 6) is 0. The highest BCUT2D eigenvalue weighted by atomic mass is 127. The van der Waals surface area contributed by atoms with Gasteiger partial charge < -0.3 is 0 Å². The monoisotopic (exact) mass is 609 g/mol. The Kier molecular flexibility index (Phi) is 4.15. The summed E-state index contributed by atoms with van der Waals surface area (Å²) in [7, 11) is 1.66. The lowest BCUT2D eigenvalue weighted by atomic mass is 9.93. The van der Waals surface area contributed by atoms with E-state index in [4.69, 9.17) is 0 Å². The third kappa shape index (κ3) is 2.41. The molecule has 8 aromatic rings. The molecule has 1 heterocycles. The van der Waals surface area contributed by atoms with Crippen LogP contribution in [0.15, 0.2) is 63.0 Å². The zero-order valence-electron chi connectivity index (χ0n) is 20.7. The van der Waals surface area contributed by atoms with Gasteiger partial charge in [0.25, 0.3) is 11.1 Å². The van der Waals surface area contributed by atoms with Gasteiger partial charge in [-0.25, -0.2) is 4.57 Å². The summed E-state index contributed by atoms with van der Waals surface area (Å²) in [6.07, 6.45) is 0. The maximum absolute atomic E-state index is 14.3. The molecule has 0 N–H and O–H groups in total. The van der Waals surface area contributed by atoms with Crippen molar-refractivity contribution in [1.29, 1.82) is 0 Å². The summed E-state index contributed by atoms with van der Waals surface area (Å²) in [5.41, 5.74) is 4.58. The van der Waals surface area contributed by atoms with Crippen molar-refractivity contribution in [3.63, 3.8) is 0 Å². The molecule has 0 aliphatic heterocycles. The van der Waals surface area contributed by atoms with Crippen molar-refractivity contribution in [2.24, 2.45) is 0 Å². The number of aromatic nitrogens is 1. The first-order chi connectivity index (χ1) is 17.8. The van der Waals surface area contributed by atoms with E-state index in [1.807, 2.05) is 26.0 Å². The largest absolute Gasteiger partial charge is 0.268 e. The Bertz CT molecular complexity index is 2370. The van der Waals surface area contributed by atoms with Gasteiger partial charge >= 0.3 is 0 Å². The quantitative estimate of drug-likeness (QED) is 0.146. The van der Waals surface area contributed by atoms with Crippen molar-refractivity contribution in [3.8, 4) is 5.69 Å². The van der Waals surface area contributed by atoms with E-state index in [1.54, 1.807) is 8.93 Å². The van der Waals surface area contributed by atoms with E-state index in [-0.39, 0.29) is 11.1 Å². The lowest BCUT2D eigenvalue weighted by Gasteiger charge is -2.10. The SMILES string of the molecule is Cc1ccc(-n2c(=O)c3c4cc(C)c5ccc6ccc7c(SI)cc(c3c2=O)c2c7c6c5c42)c(C)c1C. The van der Waals surface area contributed by atoms with Gasteiger partial charge in [-0.2, -0.15) is 0 Å². The van der Waals surface area contributed by atoms with Crippen molar-refractivity contribution >= 4 is 94.8 Å². The van der Waals surface area contributed by atoms with Crippen LogP contribution in [0.1, 0.15) is 22.3 Å². The minimum atomic E-state index is -0.224. The number of hydrogen-bond acceptors (Lipinski definition) is 3. The van der Waals surface area contributed by atoms with Gasteiger partial charge in [0, 0.05) is 26.1 Å². The van der Waals surface area contributed by atoms with Crippen LogP contribution in [0.5, 0.6) is 0 Å². The molecule has 37 heavy (non-hydrogen) atoms. The summed E-state index contributed by atoms with van der Waals surface area (Å²) in [6.45, 7) is 8.22. The van der Waals surface area contributed by atoms with Crippen LogP contribution in [0.2, 0.25) is 0 Å². The van der Waals surface area contributed by atoms with Crippen molar-refractivity contribution in [2.45, 2.75) is 32.6 Å². The van der Waals surface area contributed by atoms with Crippen LogP contribution < -0.4 is 11.1 Å². The van der Waals surface area contributed by atoms with Gasteiger partial charge in [0.2, 0.25) is 0 Å². The predicted molar refractivity (Wildman–Crippen MR) is 167 cm³/mol. The summed E-state index contributed by atoms with van der Waals surface area (Å²) < 4.78 is 1.42. The van der Waals surface area contributed by atoms with E-state index in [1.165, 1.54) is 36.9 Å². The van der Waals surface area contributed by atoms with Crippen LogP contribution in [-0.4, -0.2) is 4.57 Å². The molecule has 0 saturated heterocycles. The van der Waals surface area contributed by atoms with Gasteiger partial charge in [-0.1, -0.05) is 39.3 Å².